The highest BCUT2D eigenvalue weighted by Gasteiger charge is 2.28. The predicted octanol–water partition coefficient (Wildman–Crippen LogP) is 4.16. The fraction of sp³-hybridized carbons (Fsp3) is 1.00. The summed E-state index contributed by atoms with van der Waals surface area (Å²) in [6, 6.07) is 1.36. The van der Waals surface area contributed by atoms with Crippen LogP contribution in [0.5, 0.6) is 0 Å². The topological polar surface area (TPSA) is 15.3 Å². The van der Waals surface area contributed by atoms with Gasteiger partial charge in [0.05, 0.1) is 0 Å². The van der Waals surface area contributed by atoms with Gasteiger partial charge >= 0.3 is 0 Å². The van der Waals surface area contributed by atoms with Crippen molar-refractivity contribution in [2.75, 3.05) is 20.6 Å². The van der Waals surface area contributed by atoms with E-state index in [1.54, 1.807) is 0 Å². The molecule has 2 heteroatoms. The highest BCUT2D eigenvalue weighted by molar-refractivity contribution is 4.84. The molecule has 1 rings (SSSR count). The number of rotatable bonds is 5. The van der Waals surface area contributed by atoms with Crippen molar-refractivity contribution in [3.05, 3.63) is 0 Å². The molecule has 0 aliphatic heterocycles. The Morgan fingerprint density at radius 1 is 1.05 bits per heavy atom. The first-order chi connectivity index (χ1) is 9.20. The van der Waals surface area contributed by atoms with Gasteiger partial charge in [0.1, 0.15) is 0 Å². The van der Waals surface area contributed by atoms with Crippen molar-refractivity contribution < 1.29 is 0 Å². The molecule has 1 saturated carbocycles. The van der Waals surface area contributed by atoms with E-state index in [0.717, 1.165) is 18.5 Å². The average molecular weight is 283 g/mol. The van der Waals surface area contributed by atoms with Crippen molar-refractivity contribution in [1.29, 1.82) is 0 Å². The molecule has 1 aliphatic rings. The van der Waals surface area contributed by atoms with E-state index >= 15 is 0 Å². The van der Waals surface area contributed by atoms with E-state index in [-0.39, 0.29) is 0 Å². The monoisotopic (exact) mass is 282 g/mol. The van der Waals surface area contributed by atoms with Crippen molar-refractivity contribution in [1.82, 2.24) is 10.2 Å². The summed E-state index contributed by atoms with van der Waals surface area (Å²) in [5.41, 5.74) is 0.482. The van der Waals surface area contributed by atoms with Crippen LogP contribution in [0.3, 0.4) is 0 Å². The molecule has 3 unspecified atom stereocenters. The van der Waals surface area contributed by atoms with E-state index in [4.69, 9.17) is 0 Å². The molecule has 1 aliphatic carbocycles. The molecule has 0 saturated heterocycles. The Kier molecular flexibility index (Phi) is 7.00. The van der Waals surface area contributed by atoms with E-state index in [9.17, 15) is 0 Å². The first-order valence-corrected chi connectivity index (χ1v) is 8.61. The molecule has 1 N–H and O–H groups in total. The van der Waals surface area contributed by atoms with E-state index in [0.29, 0.717) is 17.4 Å². The van der Waals surface area contributed by atoms with Crippen LogP contribution in [0.2, 0.25) is 0 Å². The van der Waals surface area contributed by atoms with Crippen molar-refractivity contribution in [2.24, 2.45) is 17.3 Å². The molecule has 0 spiro atoms. The first-order valence-electron chi connectivity index (χ1n) is 8.61. The molecule has 0 aromatic rings. The van der Waals surface area contributed by atoms with Crippen molar-refractivity contribution >= 4 is 0 Å². The van der Waals surface area contributed by atoms with Gasteiger partial charge in [-0.3, -0.25) is 0 Å². The van der Waals surface area contributed by atoms with Crippen LogP contribution in [0.4, 0.5) is 0 Å². The molecule has 0 aromatic carbocycles. The Morgan fingerprint density at radius 2 is 1.70 bits per heavy atom. The zero-order valence-corrected chi connectivity index (χ0v) is 15.0. The van der Waals surface area contributed by atoms with Crippen molar-refractivity contribution in [2.45, 2.75) is 78.8 Å². The molecule has 20 heavy (non-hydrogen) atoms. The molecule has 0 bridgehead atoms. The molecule has 120 valence electrons. The molecule has 3 atom stereocenters. The van der Waals surface area contributed by atoms with Crippen LogP contribution in [0.1, 0.15) is 66.7 Å². The van der Waals surface area contributed by atoms with Crippen molar-refractivity contribution in [3.8, 4) is 0 Å². The van der Waals surface area contributed by atoms with Gasteiger partial charge in [-0.15, -0.1) is 0 Å². The standard InChI is InChI=1S/C18H38N2/c1-14(2)17(13-20(6)7)19-16-10-8-9-15(11-12-16)18(3,4)5/h14-17,19H,8-13H2,1-7H3. The molecule has 2 nitrogen and oxygen atoms in total. The number of hydrogen-bond acceptors (Lipinski definition) is 2. The summed E-state index contributed by atoms with van der Waals surface area (Å²) >= 11 is 0. The second-order valence-electron chi connectivity index (χ2n) is 8.55. The Morgan fingerprint density at radius 3 is 2.20 bits per heavy atom. The maximum atomic E-state index is 3.96. The molecule has 0 aromatic heterocycles. The average Bonchev–Trinajstić information content (AvgIpc) is 2.52. The van der Waals surface area contributed by atoms with Gasteiger partial charge in [0.25, 0.3) is 0 Å². The lowest BCUT2D eigenvalue weighted by Crippen LogP contribution is -2.46. The SMILES string of the molecule is CC(C)C(CN(C)C)NC1CCCC(C(C)(C)C)CC1. The minimum atomic E-state index is 0.482. The van der Waals surface area contributed by atoms with Crippen LogP contribution in [-0.4, -0.2) is 37.6 Å². The molecule has 0 heterocycles. The van der Waals surface area contributed by atoms with Gasteiger partial charge in [0, 0.05) is 18.6 Å². The fourth-order valence-electron chi connectivity index (χ4n) is 3.49. The Bertz CT molecular complexity index is 265. The van der Waals surface area contributed by atoms with Crippen LogP contribution in [0.15, 0.2) is 0 Å². The second kappa shape index (κ2) is 7.79. The van der Waals surface area contributed by atoms with E-state index in [2.05, 4.69) is 58.9 Å². The predicted molar refractivity (Wildman–Crippen MR) is 90.1 cm³/mol. The van der Waals surface area contributed by atoms with E-state index in [1.807, 2.05) is 0 Å². The van der Waals surface area contributed by atoms with E-state index in [1.165, 1.54) is 32.1 Å². The quantitative estimate of drug-likeness (QED) is 0.762. The van der Waals surface area contributed by atoms with Gasteiger partial charge in [-0.05, 0) is 57.0 Å². The third kappa shape index (κ3) is 6.13. The van der Waals surface area contributed by atoms with Crippen LogP contribution >= 0.6 is 0 Å². The van der Waals surface area contributed by atoms with Crippen LogP contribution in [0, 0.1) is 17.3 Å². The minimum Gasteiger partial charge on any atom is -0.310 e. The molecule has 1 fully saturated rings. The van der Waals surface area contributed by atoms with Crippen LogP contribution in [0.25, 0.3) is 0 Å². The summed E-state index contributed by atoms with van der Waals surface area (Å²) in [4.78, 5) is 2.31. The minimum absolute atomic E-state index is 0.482. The largest absolute Gasteiger partial charge is 0.310 e. The Hall–Kier alpha value is -0.0800. The zero-order valence-electron chi connectivity index (χ0n) is 15.0. The van der Waals surface area contributed by atoms with Crippen molar-refractivity contribution in [3.63, 3.8) is 0 Å². The number of hydrogen-bond donors (Lipinski definition) is 1. The maximum absolute atomic E-state index is 3.96. The summed E-state index contributed by atoms with van der Waals surface area (Å²) < 4.78 is 0. The third-order valence-corrected chi connectivity index (χ3v) is 5.01. The van der Waals surface area contributed by atoms with Crippen LogP contribution in [-0.2, 0) is 0 Å². The summed E-state index contributed by atoms with van der Waals surface area (Å²) in [5.74, 6) is 1.61. The van der Waals surface area contributed by atoms with Gasteiger partial charge in [-0.1, -0.05) is 41.0 Å². The summed E-state index contributed by atoms with van der Waals surface area (Å²) in [5, 5.41) is 3.96. The number of likely N-dealkylation sites (N-methyl/N-ethyl adjacent to an activating group) is 1. The first kappa shape index (κ1) is 18.0. The molecular weight excluding hydrogens is 244 g/mol. The summed E-state index contributed by atoms with van der Waals surface area (Å²) in [6.07, 6.45) is 6.93. The number of nitrogens with one attached hydrogen (secondary N) is 1. The third-order valence-electron chi connectivity index (χ3n) is 5.01. The van der Waals surface area contributed by atoms with Crippen LogP contribution < -0.4 is 5.32 Å². The maximum Gasteiger partial charge on any atom is 0.0220 e. The molecule has 0 radical (unpaired) electrons. The van der Waals surface area contributed by atoms with Gasteiger partial charge in [0.2, 0.25) is 0 Å². The molecular formula is C18H38N2. The Balaban J connectivity index is 2.51. The highest BCUT2D eigenvalue weighted by Crippen LogP contribution is 2.36. The molecule has 0 amide bonds. The lowest BCUT2D eigenvalue weighted by atomic mass is 9.76. The van der Waals surface area contributed by atoms with Gasteiger partial charge in [-0.25, -0.2) is 0 Å². The lowest BCUT2D eigenvalue weighted by molar-refractivity contribution is 0.211. The summed E-state index contributed by atoms with van der Waals surface area (Å²) in [7, 11) is 4.36. The highest BCUT2D eigenvalue weighted by atomic mass is 15.1. The summed E-state index contributed by atoms with van der Waals surface area (Å²) in [6.45, 7) is 13.1. The second-order valence-corrected chi connectivity index (χ2v) is 8.55. The van der Waals surface area contributed by atoms with Gasteiger partial charge in [0.15, 0.2) is 0 Å². The fourth-order valence-corrected chi connectivity index (χ4v) is 3.49. The lowest BCUT2D eigenvalue weighted by Gasteiger charge is -2.31. The van der Waals surface area contributed by atoms with E-state index < -0.39 is 0 Å². The number of nitrogens with zero attached hydrogens (tertiary/aromatic N) is 1. The van der Waals surface area contributed by atoms with Gasteiger partial charge in [-0.2, -0.15) is 0 Å². The van der Waals surface area contributed by atoms with Gasteiger partial charge < -0.3 is 10.2 Å². The zero-order chi connectivity index (χ0) is 15.3. The smallest absolute Gasteiger partial charge is 0.0220 e. The normalized spacial score (nSPS) is 26.9. The Labute approximate surface area is 127 Å².